The third-order valence-corrected chi connectivity index (χ3v) is 4.93. The third-order valence-electron chi connectivity index (χ3n) is 4.01. The van der Waals surface area contributed by atoms with Crippen molar-refractivity contribution in [2.45, 2.75) is 51.4 Å². The molecule has 1 aromatic carbocycles. The zero-order chi connectivity index (χ0) is 19.8. The molecule has 1 atom stereocenters. The summed E-state index contributed by atoms with van der Waals surface area (Å²) in [6, 6.07) is 9.22. The van der Waals surface area contributed by atoms with Gasteiger partial charge in [0.1, 0.15) is 0 Å². The van der Waals surface area contributed by atoms with Gasteiger partial charge in [-0.15, -0.1) is 0 Å². The first-order chi connectivity index (χ1) is 12.9. The van der Waals surface area contributed by atoms with E-state index < -0.39 is 0 Å². The van der Waals surface area contributed by atoms with Crippen LogP contribution in [0.2, 0.25) is 0 Å². The van der Waals surface area contributed by atoms with Crippen molar-refractivity contribution in [3.8, 4) is 0 Å². The Morgan fingerprint density at radius 3 is 2.30 bits per heavy atom. The van der Waals surface area contributed by atoms with E-state index in [2.05, 4.69) is 20.8 Å². The molecule has 2 aromatic rings. The summed E-state index contributed by atoms with van der Waals surface area (Å²) in [7, 11) is 0. The topological polar surface area (TPSA) is 84.0 Å². The molecule has 7 heteroatoms. The monoisotopic (exact) mass is 386 g/mol. The lowest BCUT2D eigenvalue weighted by molar-refractivity contribution is -0.125. The molecule has 2 amide bonds. The Bertz CT molecular complexity index is 773. The second kappa shape index (κ2) is 10.1. The molecule has 144 valence electrons. The maximum absolute atomic E-state index is 12.1. The molecule has 0 saturated carbocycles. The molecule has 27 heavy (non-hydrogen) atoms. The van der Waals surface area contributed by atoms with E-state index >= 15 is 0 Å². The zero-order valence-corrected chi connectivity index (χ0v) is 17.0. The maximum Gasteiger partial charge on any atom is 0.269 e. The van der Waals surface area contributed by atoms with Crippen LogP contribution in [0.25, 0.3) is 0 Å². The minimum absolute atomic E-state index is 0.123. The van der Waals surface area contributed by atoms with Gasteiger partial charge >= 0.3 is 0 Å². The van der Waals surface area contributed by atoms with Crippen molar-refractivity contribution in [2.75, 3.05) is 0 Å². The molecule has 0 aliphatic heterocycles. The predicted octanol–water partition coefficient (Wildman–Crippen LogP) is 3.58. The fourth-order valence-electron chi connectivity index (χ4n) is 2.54. The molecule has 2 N–H and O–H groups in total. The van der Waals surface area contributed by atoms with Gasteiger partial charge in [-0.1, -0.05) is 44.2 Å². The number of nitrogens with one attached hydrogen (secondary N) is 2. The van der Waals surface area contributed by atoms with E-state index in [1.54, 1.807) is 23.9 Å². The van der Waals surface area contributed by atoms with E-state index in [1.807, 2.05) is 45.9 Å². The highest BCUT2D eigenvalue weighted by Gasteiger charge is 2.13. The van der Waals surface area contributed by atoms with Crippen molar-refractivity contribution in [1.82, 2.24) is 20.8 Å². The molecule has 0 aliphatic rings. The molecular weight excluding hydrogens is 360 g/mol. The van der Waals surface area contributed by atoms with Crippen LogP contribution in [0.4, 0.5) is 0 Å². The first-order valence-corrected chi connectivity index (χ1v) is 10.0. The molecule has 0 spiro atoms. The van der Waals surface area contributed by atoms with E-state index in [0.29, 0.717) is 5.56 Å². The molecule has 1 unspecified atom stereocenters. The van der Waals surface area contributed by atoms with Crippen LogP contribution in [0.1, 0.15) is 54.0 Å². The van der Waals surface area contributed by atoms with E-state index in [4.69, 9.17) is 0 Å². The maximum atomic E-state index is 12.1. The summed E-state index contributed by atoms with van der Waals surface area (Å²) in [4.78, 5) is 32.8. The third kappa shape index (κ3) is 6.67. The highest BCUT2D eigenvalue weighted by molar-refractivity contribution is 7.98. The van der Waals surface area contributed by atoms with E-state index in [0.717, 1.165) is 40.7 Å². The minimum atomic E-state index is -0.330. The Labute approximate surface area is 164 Å². The number of carbonyl (C=O) groups excluding carboxylic acids is 2. The Hall–Kier alpha value is -2.41. The van der Waals surface area contributed by atoms with Crippen LogP contribution >= 0.6 is 11.8 Å². The van der Waals surface area contributed by atoms with Gasteiger partial charge in [-0.05, 0) is 44.0 Å². The second-order valence-electron chi connectivity index (χ2n) is 6.55. The van der Waals surface area contributed by atoms with Gasteiger partial charge in [0.25, 0.3) is 5.91 Å². The lowest BCUT2D eigenvalue weighted by atomic mass is 10.1. The van der Waals surface area contributed by atoms with Crippen LogP contribution in [0, 0.1) is 19.8 Å². The molecule has 0 fully saturated rings. The first kappa shape index (κ1) is 20.9. The number of benzene rings is 1. The molecule has 6 nitrogen and oxygen atoms in total. The Morgan fingerprint density at radius 2 is 1.70 bits per heavy atom. The first-order valence-electron chi connectivity index (χ1n) is 9.03. The summed E-state index contributed by atoms with van der Waals surface area (Å²) >= 11 is 1.56. The van der Waals surface area contributed by atoms with Gasteiger partial charge in [-0.2, -0.15) is 0 Å². The van der Waals surface area contributed by atoms with Crippen molar-refractivity contribution in [3.63, 3.8) is 0 Å². The van der Waals surface area contributed by atoms with Crippen molar-refractivity contribution >= 4 is 23.6 Å². The van der Waals surface area contributed by atoms with E-state index in [1.165, 1.54) is 0 Å². The number of hydrazine groups is 1. The number of aryl methyl sites for hydroxylation is 2. The fraction of sp³-hybridized carbons (Fsp3) is 0.400. The number of thioether (sulfide) groups is 1. The molecule has 0 radical (unpaired) electrons. The van der Waals surface area contributed by atoms with E-state index in [9.17, 15) is 9.59 Å². The van der Waals surface area contributed by atoms with Gasteiger partial charge < -0.3 is 0 Å². The average molecular weight is 387 g/mol. The molecule has 1 heterocycles. The molecule has 0 bridgehead atoms. The summed E-state index contributed by atoms with van der Waals surface area (Å²) in [6.45, 7) is 7.77. The number of aromatic nitrogens is 2. The minimum Gasteiger partial charge on any atom is -0.273 e. The molecule has 0 saturated heterocycles. The lowest BCUT2D eigenvalue weighted by Gasteiger charge is -2.12. The normalized spacial score (nSPS) is 11.7. The fourth-order valence-corrected chi connectivity index (χ4v) is 3.44. The van der Waals surface area contributed by atoms with Crippen molar-refractivity contribution < 1.29 is 9.59 Å². The van der Waals surface area contributed by atoms with Crippen LogP contribution < -0.4 is 10.9 Å². The number of nitrogens with zero attached hydrogens (tertiary/aromatic N) is 2. The number of rotatable bonds is 7. The van der Waals surface area contributed by atoms with Crippen LogP contribution in [-0.2, 0) is 10.5 Å². The summed E-state index contributed by atoms with van der Waals surface area (Å²) in [5, 5.41) is 0.748. The highest BCUT2D eigenvalue weighted by atomic mass is 32.2. The average Bonchev–Trinajstić information content (AvgIpc) is 2.64. The quantitative estimate of drug-likeness (QED) is 0.432. The number of hydrogen-bond acceptors (Lipinski definition) is 5. The number of carbonyl (C=O) groups is 2. The number of amides is 2. The van der Waals surface area contributed by atoms with Gasteiger partial charge in [0.2, 0.25) is 5.91 Å². The van der Waals surface area contributed by atoms with Gasteiger partial charge in [-0.25, -0.2) is 9.97 Å². The Morgan fingerprint density at radius 1 is 1.07 bits per heavy atom. The lowest BCUT2D eigenvalue weighted by Crippen LogP contribution is -2.44. The molecule has 2 rings (SSSR count). The predicted molar refractivity (Wildman–Crippen MR) is 107 cm³/mol. The van der Waals surface area contributed by atoms with Crippen molar-refractivity contribution in [1.29, 1.82) is 0 Å². The van der Waals surface area contributed by atoms with Crippen LogP contribution in [0.3, 0.4) is 0 Å². The van der Waals surface area contributed by atoms with Gasteiger partial charge in [-0.3, -0.25) is 20.4 Å². The van der Waals surface area contributed by atoms with Crippen LogP contribution in [0.5, 0.6) is 0 Å². The SMILES string of the molecule is CCCC(C)C(=O)NNC(=O)c1ccc(CSc2nc(C)cc(C)n2)cc1. The van der Waals surface area contributed by atoms with E-state index in [-0.39, 0.29) is 17.7 Å². The van der Waals surface area contributed by atoms with Crippen molar-refractivity contribution in [3.05, 3.63) is 52.8 Å². The van der Waals surface area contributed by atoms with Gasteiger partial charge in [0.15, 0.2) is 5.16 Å². The Kier molecular flexibility index (Phi) is 7.79. The van der Waals surface area contributed by atoms with Crippen molar-refractivity contribution in [2.24, 2.45) is 5.92 Å². The largest absolute Gasteiger partial charge is 0.273 e. The summed E-state index contributed by atoms with van der Waals surface area (Å²) in [5.74, 6) is 0.0912. The summed E-state index contributed by atoms with van der Waals surface area (Å²) in [5.41, 5.74) is 8.41. The number of hydrogen-bond donors (Lipinski definition) is 2. The molecule has 1 aromatic heterocycles. The van der Waals surface area contributed by atoms with Gasteiger partial charge in [0.05, 0.1) is 0 Å². The zero-order valence-electron chi connectivity index (χ0n) is 16.2. The Balaban J connectivity index is 1.86. The summed E-state index contributed by atoms with van der Waals surface area (Å²) < 4.78 is 0. The summed E-state index contributed by atoms with van der Waals surface area (Å²) in [6.07, 6.45) is 1.72. The second-order valence-corrected chi connectivity index (χ2v) is 7.49. The molecule has 0 aliphatic carbocycles. The van der Waals surface area contributed by atoms with Crippen LogP contribution in [0.15, 0.2) is 35.5 Å². The standard InChI is InChI=1S/C20H26N4O2S/c1-5-6-13(2)18(25)23-24-19(26)17-9-7-16(8-10-17)12-27-20-21-14(3)11-15(4)22-20/h7-11,13H,5-6,12H2,1-4H3,(H,23,25)(H,24,26). The van der Waals surface area contributed by atoms with Gasteiger partial charge in [0, 0.05) is 28.6 Å². The molecular formula is C20H26N4O2S. The van der Waals surface area contributed by atoms with Crippen LogP contribution in [-0.4, -0.2) is 21.8 Å². The smallest absolute Gasteiger partial charge is 0.269 e. The highest BCUT2D eigenvalue weighted by Crippen LogP contribution is 2.20.